The van der Waals surface area contributed by atoms with Gasteiger partial charge in [-0.2, -0.15) is 0 Å². The van der Waals surface area contributed by atoms with Crippen molar-refractivity contribution in [3.63, 3.8) is 0 Å². The van der Waals surface area contributed by atoms with Crippen LogP contribution in [0.2, 0.25) is 0 Å². The average molecular weight is 301 g/mol. The third-order valence-electron chi connectivity index (χ3n) is 2.85. The smallest absolute Gasteiger partial charge is 0.335 e. The van der Waals surface area contributed by atoms with Crippen LogP contribution in [0, 0.1) is 6.92 Å². The highest BCUT2D eigenvalue weighted by Gasteiger charge is 2.09. The van der Waals surface area contributed by atoms with E-state index in [4.69, 9.17) is 5.11 Å². The summed E-state index contributed by atoms with van der Waals surface area (Å²) in [5.41, 5.74) is 1.47. The molecule has 0 fully saturated rings. The molecule has 2 aromatic rings. The largest absolute Gasteiger partial charge is 0.478 e. The number of anilines is 1. The monoisotopic (exact) mass is 301 g/mol. The first-order valence-corrected chi connectivity index (χ1v) is 7.36. The van der Waals surface area contributed by atoms with Crippen molar-refractivity contribution in [2.45, 2.75) is 11.8 Å². The standard InChI is InChI=1S/C16H15NO3S/c1-11-9-12(7-8-14(11)16(19)20)17-15(18)10-21-13-5-3-2-4-6-13/h2-9H,10H2,1H3,(H,17,18)(H,19,20). The lowest BCUT2D eigenvalue weighted by atomic mass is 10.1. The molecule has 0 aromatic heterocycles. The molecule has 5 heteroatoms. The zero-order chi connectivity index (χ0) is 15.2. The highest BCUT2D eigenvalue weighted by atomic mass is 32.2. The van der Waals surface area contributed by atoms with Gasteiger partial charge < -0.3 is 10.4 Å². The molecule has 0 bridgehead atoms. The number of hydrogen-bond donors (Lipinski definition) is 2. The van der Waals surface area contributed by atoms with E-state index in [1.165, 1.54) is 17.8 Å². The van der Waals surface area contributed by atoms with Crippen molar-refractivity contribution < 1.29 is 14.7 Å². The predicted molar refractivity (Wildman–Crippen MR) is 83.9 cm³/mol. The molecule has 0 heterocycles. The Morgan fingerprint density at radius 2 is 1.86 bits per heavy atom. The Bertz CT molecular complexity index is 656. The summed E-state index contributed by atoms with van der Waals surface area (Å²) >= 11 is 1.45. The summed E-state index contributed by atoms with van der Waals surface area (Å²) in [6.45, 7) is 1.71. The molecule has 0 unspecified atom stereocenters. The minimum Gasteiger partial charge on any atom is -0.478 e. The van der Waals surface area contributed by atoms with E-state index in [-0.39, 0.29) is 11.5 Å². The van der Waals surface area contributed by atoms with Gasteiger partial charge in [0.05, 0.1) is 11.3 Å². The Balaban J connectivity index is 1.94. The third-order valence-corrected chi connectivity index (χ3v) is 3.87. The Kier molecular flexibility index (Phi) is 5.00. The molecule has 2 rings (SSSR count). The van der Waals surface area contributed by atoms with Gasteiger partial charge in [-0.3, -0.25) is 4.79 Å². The van der Waals surface area contributed by atoms with E-state index in [1.54, 1.807) is 19.1 Å². The van der Waals surface area contributed by atoms with E-state index in [2.05, 4.69) is 5.32 Å². The minimum absolute atomic E-state index is 0.119. The normalized spacial score (nSPS) is 10.1. The number of aryl methyl sites for hydroxylation is 1. The summed E-state index contributed by atoms with van der Waals surface area (Å²) in [6.07, 6.45) is 0. The number of nitrogens with one attached hydrogen (secondary N) is 1. The summed E-state index contributed by atoms with van der Waals surface area (Å²) in [7, 11) is 0. The van der Waals surface area contributed by atoms with E-state index in [0.29, 0.717) is 17.0 Å². The highest BCUT2D eigenvalue weighted by Crippen LogP contribution is 2.19. The van der Waals surface area contributed by atoms with E-state index in [9.17, 15) is 9.59 Å². The maximum Gasteiger partial charge on any atom is 0.335 e. The molecule has 1 amide bonds. The molecule has 0 saturated carbocycles. The Morgan fingerprint density at radius 1 is 1.14 bits per heavy atom. The highest BCUT2D eigenvalue weighted by molar-refractivity contribution is 8.00. The van der Waals surface area contributed by atoms with Gasteiger partial charge in [0.2, 0.25) is 5.91 Å². The topological polar surface area (TPSA) is 66.4 Å². The number of carboxylic acids is 1. The molecule has 21 heavy (non-hydrogen) atoms. The first-order chi connectivity index (χ1) is 10.1. The number of amides is 1. The lowest BCUT2D eigenvalue weighted by molar-refractivity contribution is -0.113. The fraction of sp³-hybridized carbons (Fsp3) is 0.125. The van der Waals surface area contributed by atoms with Crippen molar-refractivity contribution in [1.29, 1.82) is 0 Å². The summed E-state index contributed by atoms with van der Waals surface area (Å²) in [5, 5.41) is 11.7. The van der Waals surface area contributed by atoms with Crippen LogP contribution in [0.15, 0.2) is 53.4 Å². The van der Waals surface area contributed by atoms with Gasteiger partial charge in [-0.25, -0.2) is 4.79 Å². The molecule has 0 atom stereocenters. The van der Waals surface area contributed by atoms with Crippen molar-refractivity contribution in [3.05, 3.63) is 59.7 Å². The lowest BCUT2D eigenvalue weighted by Gasteiger charge is -2.07. The molecule has 0 saturated heterocycles. The average Bonchev–Trinajstić information content (AvgIpc) is 2.46. The van der Waals surface area contributed by atoms with Crippen LogP contribution >= 0.6 is 11.8 Å². The SMILES string of the molecule is Cc1cc(NC(=O)CSc2ccccc2)ccc1C(=O)O. The second kappa shape index (κ2) is 6.95. The number of aromatic carboxylic acids is 1. The molecular weight excluding hydrogens is 286 g/mol. The molecule has 0 aliphatic carbocycles. The lowest BCUT2D eigenvalue weighted by Crippen LogP contribution is -2.14. The van der Waals surface area contributed by atoms with Crippen molar-refractivity contribution in [2.75, 3.05) is 11.1 Å². The van der Waals surface area contributed by atoms with Gasteiger partial charge in [0.15, 0.2) is 0 Å². The van der Waals surface area contributed by atoms with Crippen molar-refractivity contribution >= 4 is 29.3 Å². The van der Waals surface area contributed by atoms with Crippen LogP contribution in [0.3, 0.4) is 0 Å². The zero-order valence-corrected chi connectivity index (χ0v) is 12.3. The van der Waals surface area contributed by atoms with Gasteiger partial charge in [0, 0.05) is 10.6 Å². The first-order valence-electron chi connectivity index (χ1n) is 6.38. The molecule has 0 aliphatic heterocycles. The summed E-state index contributed by atoms with van der Waals surface area (Å²) in [4.78, 5) is 23.8. The Morgan fingerprint density at radius 3 is 2.48 bits per heavy atom. The molecule has 4 nitrogen and oxygen atoms in total. The molecule has 0 spiro atoms. The quantitative estimate of drug-likeness (QED) is 0.830. The van der Waals surface area contributed by atoms with E-state index < -0.39 is 5.97 Å². The van der Waals surface area contributed by atoms with Crippen LogP contribution in [-0.2, 0) is 4.79 Å². The molecule has 2 N–H and O–H groups in total. The second-order valence-electron chi connectivity index (χ2n) is 4.48. The number of carboxylic acid groups (broad SMARTS) is 1. The molecule has 108 valence electrons. The van der Waals surface area contributed by atoms with Crippen LogP contribution < -0.4 is 5.32 Å². The number of benzene rings is 2. The van der Waals surface area contributed by atoms with Crippen LogP contribution in [0.1, 0.15) is 15.9 Å². The molecular formula is C16H15NO3S. The maximum atomic E-state index is 11.9. The first kappa shape index (κ1) is 15.1. The number of thioether (sulfide) groups is 1. The Hall–Kier alpha value is -2.27. The van der Waals surface area contributed by atoms with Gasteiger partial charge >= 0.3 is 5.97 Å². The van der Waals surface area contributed by atoms with E-state index >= 15 is 0 Å². The summed E-state index contributed by atoms with van der Waals surface area (Å²) in [5.74, 6) is -0.777. The number of carbonyl (C=O) groups excluding carboxylic acids is 1. The van der Waals surface area contributed by atoms with Gasteiger partial charge in [0.25, 0.3) is 0 Å². The van der Waals surface area contributed by atoms with E-state index in [1.807, 2.05) is 30.3 Å². The third kappa shape index (κ3) is 4.36. The van der Waals surface area contributed by atoms with Gasteiger partial charge in [0.1, 0.15) is 0 Å². The van der Waals surface area contributed by atoms with E-state index in [0.717, 1.165) is 4.90 Å². The van der Waals surface area contributed by atoms with Gasteiger partial charge in [-0.05, 0) is 42.8 Å². The molecule has 0 radical (unpaired) electrons. The minimum atomic E-state index is -0.968. The van der Waals surface area contributed by atoms with Gasteiger partial charge in [-0.15, -0.1) is 11.8 Å². The maximum absolute atomic E-state index is 11.9. The summed E-state index contributed by atoms with van der Waals surface area (Å²) < 4.78 is 0. The number of hydrogen-bond acceptors (Lipinski definition) is 3. The van der Waals surface area contributed by atoms with Crippen LogP contribution in [0.4, 0.5) is 5.69 Å². The van der Waals surface area contributed by atoms with Crippen molar-refractivity contribution in [3.8, 4) is 0 Å². The van der Waals surface area contributed by atoms with Crippen LogP contribution in [0.5, 0.6) is 0 Å². The molecule has 0 aliphatic rings. The Labute approximate surface area is 127 Å². The second-order valence-corrected chi connectivity index (χ2v) is 5.53. The van der Waals surface area contributed by atoms with Crippen LogP contribution in [0.25, 0.3) is 0 Å². The summed E-state index contributed by atoms with van der Waals surface area (Å²) in [6, 6.07) is 14.4. The zero-order valence-electron chi connectivity index (χ0n) is 11.5. The van der Waals surface area contributed by atoms with Crippen molar-refractivity contribution in [2.24, 2.45) is 0 Å². The fourth-order valence-corrected chi connectivity index (χ4v) is 2.56. The van der Waals surface area contributed by atoms with Crippen LogP contribution in [-0.4, -0.2) is 22.7 Å². The van der Waals surface area contributed by atoms with Gasteiger partial charge in [-0.1, -0.05) is 18.2 Å². The predicted octanol–water partition coefficient (Wildman–Crippen LogP) is 3.42. The number of carbonyl (C=O) groups is 2. The number of rotatable bonds is 5. The fourth-order valence-electron chi connectivity index (χ4n) is 1.84. The molecule has 2 aromatic carbocycles. The van der Waals surface area contributed by atoms with Crippen molar-refractivity contribution in [1.82, 2.24) is 0 Å².